The lowest BCUT2D eigenvalue weighted by atomic mass is 9.92. The first-order chi connectivity index (χ1) is 12.5. The number of aliphatic hydroxyl groups is 1. The monoisotopic (exact) mass is 359 g/mol. The quantitative estimate of drug-likeness (QED) is 0.861. The van der Waals surface area contributed by atoms with Gasteiger partial charge >= 0.3 is 0 Å². The molecule has 0 spiro atoms. The molecule has 1 fully saturated rings. The van der Waals surface area contributed by atoms with Crippen molar-refractivity contribution in [2.24, 2.45) is 0 Å². The van der Waals surface area contributed by atoms with Crippen LogP contribution in [-0.2, 0) is 4.79 Å². The number of likely N-dealkylation sites (tertiary alicyclic amines) is 1. The fourth-order valence-corrected chi connectivity index (χ4v) is 2.82. The lowest BCUT2D eigenvalue weighted by molar-refractivity contribution is -0.138. The highest BCUT2D eigenvalue weighted by Gasteiger charge is 2.34. The molecule has 6 heteroatoms. The Morgan fingerprint density at radius 3 is 2.27 bits per heavy atom. The molecule has 0 atom stereocenters. The Kier molecular flexibility index (Phi) is 5.73. The second-order valence-electron chi connectivity index (χ2n) is 6.45. The first kappa shape index (κ1) is 18.2. The Morgan fingerprint density at radius 1 is 1.00 bits per heavy atom. The van der Waals surface area contributed by atoms with E-state index in [0.29, 0.717) is 37.4 Å². The maximum absolute atomic E-state index is 12.9. The van der Waals surface area contributed by atoms with Crippen LogP contribution in [0.25, 0.3) is 0 Å². The van der Waals surface area contributed by atoms with Crippen LogP contribution in [0.1, 0.15) is 12.8 Å². The van der Waals surface area contributed by atoms with Crippen LogP contribution < -0.4 is 9.47 Å². The molecule has 26 heavy (non-hydrogen) atoms. The van der Waals surface area contributed by atoms with Crippen molar-refractivity contribution in [3.8, 4) is 11.5 Å². The molecule has 1 aliphatic heterocycles. The number of hydrogen-bond donors (Lipinski definition) is 1. The van der Waals surface area contributed by atoms with Crippen molar-refractivity contribution in [3.05, 3.63) is 60.4 Å². The third-order valence-corrected chi connectivity index (χ3v) is 4.47. The van der Waals surface area contributed by atoms with Gasteiger partial charge in [-0.2, -0.15) is 0 Å². The summed E-state index contributed by atoms with van der Waals surface area (Å²) in [4.78, 5) is 13.9. The van der Waals surface area contributed by atoms with Crippen LogP contribution in [0.3, 0.4) is 0 Å². The Bertz CT molecular complexity index is 712. The summed E-state index contributed by atoms with van der Waals surface area (Å²) in [5.74, 6) is 0.661. The molecule has 0 unspecified atom stereocenters. The predicted molar refractivity (Wildman–Crippen MR) is 94.6 cm³/mol. The van der Waals surface area contributed by atoms with Crippen molar-refractivity contribution in [1.29, 1.82) is 0 Å². The number of nitrogens with zero attached hydrogens (tertiary/aromatic N) is 1. The molecule has 0 saturated carbocycles. The van der Waals surface area contributed by atoms with Crippen LogP contribution in [0.15, 0.2) is 54.6 Å². The molecule has 5 nitrogen and oxygen atoms in total. The van der Waals surface area contributed by atoms with Crippen molar-refractivity contribution in [2.45, 2.75) is 18.4 Å². The molecule has 1 amide bonds. The molecule has 0 aromatic heterocycles. The van der Waals surface area contributed by atoms with Gasteiger partial charge in [0.2, 0.25) is 0 Å². The van der Waals surface area contributed by atoms with Crippen LogP contribution in [0.5, 0.6) is 11.5 Å². The minimum Gasteiger partial charge on any atom is -0.491 e. The van der Waals surface area contributed by atoms with Crippen LogP contribution in [-0.4, -0.2) is 47.8 Å². The van der Waals surface area contributed by atoms with E-state index >= 15 is 0 Å². The smallest absolute Gasteiger partial charge is 0.260 e. The lowest BCUT2D eigenvalue weighted by Crippen LogP contribution is -2.50. The number of carbonyl (C=O) groups excluding carboxylic acids is 1. The molecule has 3 rings (SSSR count). The Labute approximate surface area is 152 Å². The Morgan fingerprint density at radius 2 is 1.62 bits per heavy atom. The molecule has 1 saturated heterocycles. The fourth-order valence-electron chi connectivity index (χ4n) is 2.82. The van der Waals surface area contributed by atoms with Crippen molar-refractivity contribution in [1.82, 2.24) is 4.90 Å². The standard InChI is InChI=1S/C20H22FNO4/c21-16-6-8-18(9-7-16)25-14-19(23)22-12-10-20(24,11-13-22)15-26-17-4-2-1-3-5-17/h1-9,24H,10-15H2. The molecular weight excluding hydrogens is 337 g/mol. The molecule has 1 aliphatic rings. The number of halogens is 1. The van der Waals surface area contributed by atoms with E-state index in [-0.39, 0.29) is 24.9 Å². The summed E-state index contributed by atoms with van der Waals surface area (Å²) in [6, 6.07) is 14.9. The average molecular weight is 359 g/mol. The van der Waals surface area contributed by atoms with Gasteiger partial charge < -0.3 is 19.5 Å². The normalized spacial score (nSPS) is 16.2. The van der Waals surface area contributed by atoms with Crippen molar-refractivity contribution < 1.29 is 23.8 Å². The summed E-state index contributed by atoms with van der Waals surface area (Å²) in [5.41, 5.74) is -0.940. The second kappa shape index (κ2) is 8.19. The first-order valence-electron chi connectivity index (χ1n) is 8.60. The summed E-state index contributed by atoms with van der Waals surface area (Å²) >= 11 is 0. The molecule has 0 aliphatic carbocycles. The number of amides is 1. The maximum Gasteiger partial charge on any atom is 0.260 e. The summed E-state index contributed by atoms with van der Waals surface area (Å²) in [5, 5.41) is 10.6. The van der Waals surface area contributed by atoms with Crippen LogP contribution in [0, 0.1) is 5.82 Å². The van der Waals surface area contributed by atoms with Gasteiger partial charge in [0.1, 0.15) is 29.5 Å². The number of piperidine rings is 1. The number of carbonyl (C=O) groups is 1. The van der Waals surface area contributed by atoms with E-state index in [9.17, 15) is 14.3 Å². The fraction of sp³-hybridized carbons (Fsp3) is 0.350. The van der Waals surface area contributed by atoms with E-state index in [1.807, 2.05) is 30.3 Å². The molecule has 2 aromatic carbocycles. The number of ether oxygens (including phenoxy) is 2. The SMILES string of the molecule is O=C(COc1ccc(F)cc1)N1CCC(O)(COc2ccccc2)CC1. The summed E-state index contributed by atoms with van der Waals surface area (Å²) in [6.45, 7) is 0.982. The van der Waals surface area contributed by atoms with Gasteiger partial charge in [-0.15, -0.1) is 0 Å². The van der Waals surface area contributed by atoms with Gasteiger partial charge in [0, 0.05) is 13.1 Å². The number of hydrogen-bond acceptors (Lipinski definition) is 4. The van der Waals surface area contributed by atoms with Gasteiger partial charge in [-0.25, -0.2) is 4.39 Å². The Balaban J connectivity index is 1.43. The maximum atomic E-state index is 12.9. The van der Waals surface area contributed by atoms with E-state index in [2.05, 4.69) is 0 Å². The number of benzene rings is 2. The van der Waals surface area contributed by atoms with Crippen molar-refractivity contribution >= 4 is 5.91 Å². The largest absolute Gasteiger partial charge is 0.491 e. The molecule has 2 aromatic rings. The van der Waals surface area contributed by atoms with Gasteiger partial charge in [-0.05, 0) is 49.2 Å². The first-order valence-corrected chi connectivity index (χ1v) is 8.60. The van der Waals surface area contributed by atoms with E-state index in [0.717, 1.165) is 0 Å². The second-order valence-corrected chi connectivity index (χ2v) is 6.45. The minimum absolute atomic E-state index is 0.107. The van der Waals surface area contributed by atoms with Crippen LogP contribution in [0.2, 0.25) is 0 Å². The molecule has 0 radical (unpaired) electrons. The molecule has 1 N–H and O–H groups in total. The average Bonchev–Trinajstić information content (AvgIpc) is 2.67. The topological polar surface area (TPSA) is 59.0 Å². The third-order valence-electron chi connectivity index (χ3n) is 4.47. The van der Waals surface area contributed by atoms with E-state index in [4.69, 9.17) is 9.47 Å². The highest BCUT2D eigenvalue weighted by Crippen LogP contribution is 2.24. The highest BCUT2D eigenvalue weighted by atomic mass is 19.1. The van der Waals surface area contributed by atoms with E-state index in [1.165, 1.54) is 24.3 Å². The van der Waals surface area contributed by atoms with E-state index < -0.39 is 5.60 Å². The van der Waals surface area contributed by atoms with Crippen molar-refractivity contribution in [2.75, 3.05) is 26.3 Å². The van der Waals surface area contributed by atoms with Crippen molar-refractivity contribution in [3.63, 3.8) is 0 Å². The van der Waals surface area contributed by atoms with Crippen LogP contribution in [0.4, 0.5) is 4.39 Å². The summed E-state index contributed by atoms with van der Waals surface area (Å²) in [7, 11) is 0. The molecule has 138 valence electrons. The van der Waals surface area contributed by atoms with Crippen LogP contribution >= 0.6 is 0 Å². The number of para-hydroxylation sites is 1. The van der Waals surface area contributed by atoms with Gasteiger partial charge in [0.25, 0.3) is 5.91 Å². The predicted octanol–water partition coefficient (Wildman–Crippen LogP) is 2.64. The van der Waals surface area contributed by atoms with E-state index in [1.54, 1.807) is 4.90 Å². The zero-order valence-electron chi connectivity index (χ0n) is 14.4. The molecular formula is C20H22FNO4. The molecule has 1 heterocycles. The van der Waals surface area contributed by atoms with Gasteiger partial charge in [-0.3, -0.25) is 4.79 Å². The third kappa shape index (κ3) is 4.95. The molecule has 0 bridgehead atoms. The summed E-state index contributed by atoms with van der Waals surface area (Å²) in [6.07, 6.45) is 0.893. The minimum atomic E-state index is -0.940. The number of rotatable bonds is 6. The summed E-state index contributed by atoms with van der Waals surface area (Å²) < 4.78 is 23.9. The Hall–Kier alpha value is -2.60. The van der Waals surface area contributed by atoms with Gasteiger partial charge in [-0.1, -0.05) is 18.2 Å². The van der Waals surface area contributed by atoms with Gasteiger partial charge in [0.05, 0.1) is 0 Å². The zero-order valence-corrected chi connectivity index (χ0v) is 14.4. The zero-order chi connectivity index (χ0) is 18.4. The van der Waals surface area contributed by atoms with Gasteiger partial charge in [0.15, 0.2) is 6.61 Å². The highest BCUT2D eigenvalue weighted by molar-refractivity contribution is 5.77. The lowest BCUT2D eigenvalue weighted by Gasteiger charge is -2.37.